The highest BCUT2D eigenvalue weighted by atomic mass is 15.1. The van der Waals surface area contributed by atoms with E-state index in [0.29, 0.717) is 6.04 Å². The molecule has 0 amide bonds. The van der Waals surface area contributed by atoms with Gasteiger partial charge < -0.3 is 10.2 Å². The van der Waals surface area contributed by atoms with Gasteiger partial charge in [0, 0.05) is 6.04 Å². The third-order valence-electron chi connectivity index (χ3n) is 4.59. The van der Waals surface area contributed by atoms with E-state index in [-0.39, 0.29) is 0 Å². The van der Waals surface area contributed by atoms with Crippen LogP contribution in [0.25, 0.3) is 0 Å². The second kappa shape index (κ2) is 11.6. The van der Waals surface area contributed by atoms with E-state index < -0.39 is 0 Å². The fourth-order valence-corrected chi connectivity index (χ4v) is 3.35. The van der Waals surface area contributed by atoms with E-state index in [2.05, 4.69) is 31.0 Å². The van der Waals surface area contributed by atoms with Crippen molar-refractivity contribution in [2.45, 2.75) is 84.6 Å². The summed E-state index contributed by atoms with van der Waals surface area (Å²) < 4.78 is 0. The topological polar surface area (TPSA) is 15.3 Å². The minimum absolute atomic E-state index is 0.642. The van der Waals surface area contributed by atoms with Crippen molar-refractivity contribution in [1.29, 1.82) is 0 Å². The zero-order valence-electron chi connectivity index (χ0n) is 14.3. The van der Waals surface area contributed by atoms with Crippen LogP contribution in [0, 0.1) is 5.92 Å². The van der Waals surface area contributed by atoms with Crippen molar-refractivity contribution in [1.82, 2.24) is 10.2 Å². The monoisotopic (exact) mass is 282 g/mol. The van der Waals surface area contributed by atoms with Gasteiger partial charge in [0.15, 0.2) is 0 Å². The first-order chi connectivity index (χ1) is 9.72. The van der Waals surface area contributed by atoms with Gasteiger partial charge in [-0.1, -0.05) is 46.5 Å². The zero-order valence-corrected chi connectivity index (χ0v) is 14.3. The Morgan fingerprint density at radius 3 is 2.60 bits per heavy atom. The van der Waals surface area contributed by atoms with E-state index in [4.69, 9.17) is 0 Å². The summed E-state index contributed by atoms with van der Waals surface area (Å²) in [5.41, 5.74) is 0. The summed E-state index contributed by atoms with van der Waals surface area (Å²) in [6.07, 6.45) is 12.7. The minimum atomic E-state index is 0.642. The summed E-state index contributed by atoms with van der Waals surface area (Å²) in [4.78, 5) is 2.72. The number of unbranched alkanes of at least 4 members (excludes halogenated alkanes) is 3. The second-order valence-corrected chi connectivity index (χ2v) is 6.95. The molecule has 0 saturated carbocycles. The number of hydrogen-bond donors (Lipinski definition) is 1. The second-order valence-electron chi connectivity index (χ2n) is 6.95. The van der Waals surface area contributed by atoms with Gasteiger partial charge in [-0.25, -0.2) is 0 Å². The lowest BCUT2D eigenvalue weighted by atomic mass is 9.96. The Morgan fingerprint density at radius 2 is 1.85 bits per heavy atom. The molecule has 1 aliphatic heterocycles. The number of hydrogen-bond acceptors (Lipinski definition) is 2. The van der Waals surface area contributed by atoms with E-state index in [1.54, 1.807) is 0 Å². The Bertz CT molecular complexity index is 215. The third-order valence-corrected chi connectivity index (χ3v) is 4.59. The third kappa shape index (κ3) is 8.97. The molecule has 1 N–H and O–H groups in total. The molecule has 0 aliphatic carbocycles. The first-order valence-corrected chi connectivity index (χ1v) is 9.18. The van der Waals surface area contributed by atoms with Gasteiger partial charge in [0.05, 0.1) is 0 Å². The molecule has 1 fully saturated rings. The molecule has 120 valence electrons. The molecule has 0 radical (unpaired) electrons. The Labute approximate surface area is 127 Å². The van der Waals surface area contributed by atoms with Crippen LogP contribution in [-0.2, 0) is 0 Å². The van der Waals surface area contributed by atoms with Crippen molar-refractivity contribution in [3.05, 3.63) is 0 Å². The van der Waals surface area contributed by atoms with E-state index in [9.17, 15) is 0 Å². The van der Waals surface area contributed by atoms with Crippen LogP contribution in [0.4, 0.5) is 0 Å². The highest BCUT2D eigenvalue weighted by molar-refractivity contribution is 4.70. The van der Waals surface area contributed by atoms with Gasteiger partial charge in [-0.05, 0) is 64.2 Å². The summed E-state index contributed by atoms with van der Waals surface area (Å²) in [6, 6.07) is 0.642. The van der Waals surface area contributed by atoms with Gasteiger partial charge in [-0.15, -0.1) is 0 Å². The lowest BCUT2D eigenvalue weighted by Crippen LogP contribution is -2.26. The summed E-state index contributed by atoms with van der Waals surface area (Å²) in [5.74, 6) is 1.02. The predicted molar refractivity (Wildman–Crippen MR) is 90.3 cm³/mol. The molecule has 0 aromatic heterocycles. The molecule has 1 saturated heterocycles. The highest BCUT2D eigenvalue weighted by Gasteiger charge is 2.15. The average Bonchev–Trinajstić information content (AvgIpc) is 2.63. The first-order valence-electron chi connectivity index (χ1n) is 9.18. The van der Waals surface area contributed by atoms with Crippen LogP contribution in [0.1, 0.15) is 78.6 Å². The molecule has 1 heterocycles. The Morgan fingerprint density at radius 1 is 1.05 bits per heavy atom. The van der Waals surface area contributed by atoms with Crippen LogP contribution < -0.4 is 5.32 Å². The smallest absolute Gasteiger partial charge is 0.00103 e. The van der Waals surface area contributed by atoms with Gasteiger partial charge in [0.1, 0.15) is 0 Å². The molecule has 0 bridgehead atoms. The maximum Gasteiger partial charge on any atom is 0.00103 e. The average molecular weight is 283 g/mol. The molecule has 2 heteroatoms. The first kappa shape index (κ1) is 18.0. The Balaban J connectivity index is 1.96. The SMILES string of the molecule is CCCC1CCCN(CCCCCCNC(C)C)CC1. The molecule has 1 atom stereocenters. The molecule has 0 aromatic rings. The number of rotatable bonds is 10. The summed E-state index contributed by atoms with van der Waals surface area (Å²) in [7, 11) is 0. The zero-order chi connectivity index (χ0) is 14.6. The quantitative estimate of drug-likeness (QED) is 0.596. The largest absolute Gasteiger partial charge is 0.315 e. The summed E-state index contributed by atoms with van der Waals surface area (Å²) >= 11 is 0. The van der Waals surface area contributed by atoms with Gasteiger partial charge in [0.2, 0.25) is 0 Å². The number of nitrogens with one attached hydrogen (secondary N) is 1. The van der Waals surface area contributed by atoms with Crippen molar-refractivity contribution in [3.63, 3.8) is 0 Å². The molecular weight excluding hydrogens is 244 g/mol. The van der Waals surface area contributed by atoms with Crippen LogP contribution in [0.15, 0.2) is 0 Å². The Kier molecular flexibility index (Phi) is 10.4. The van der Waals surface area contributed by atoms with Crippen LogP contribution >= 0.6 is 0 Å². The van der Waals surface area contributed by atoms with E-state index >= 15 is 0 Å². The van der Waals surface area contributed by atoms with Crippen LogP contribution in [-0.4, -0.2) is 37.1 Å². The lowest BCUT2D eigenvalue weighted by Gasteiger charge is -2.20. The highest BCUT2D eigenvalue weighted by Crippen LogP contribution is 2.22. The fraction of sp³-hybridized carbons (Fsp3) is 1.00. The van der Waals surface area contributed by atoms with Gasteiger partial charge in [-0.2, -0.15) is 0 Å². The maximum atomic E-state index is 3.50. The van der Waals surface area contributed by atoms with Crippen molar-refractivity contribution < 1.29 is 0 Å². The molecule has 0 aromatic carbocycles. The van der Waals surface area contributed by atoms with Crippen molar-refractivity contribution in [2.24, 2.45) is 5.92 Å². The number of likely N-dealkylation sites (tertiary alicyclic amines) is 1. The van der Waals surface area contributed by atoms with Crippen molar-refractivity contribution in [2.75, 3.05) is 26.2 Å². The molecule has 2 nitrogen and oxygen atoms in total. The van der Waals surface area contributed by atoms with Crippen LogP contribution in [0.3, 0.4) is 0 Å². The van der Waals surface area contributed by atoms with Gasteiger partial charge >= 0.3 is 0 Å². The van der Waals surface area contributed by atoms with E-state index in [1.165, 1.54) is 84.0 Å². The normalized spacial score (nSPS) is 21.3. The molecule has 20 heavy (non-hydrogen) atoms. The molecule has 1 rings (SSSR count). The van der Waals surface area contributed by atoms with Gasteiger partial charge in [-0.3, -0.25) is 0 Å². The summed E-state index contributed by atoms with van der Waals surface area (Å²) in [6.45, 7) is 12.0. The van der Waals surface area contributed by atoms with Crippen molar-refractivity contribution in [3.8, 4) is 0 Å². The van der Waals surface area contributed by atoms with Crippen LogP contribution in [0.5, 0.6) is 0 Å². The van der Waals surface area contributed by atoms with Crippen molar-refractivity contribution >= 4 is 0 Å². The minimum Gasteiger partial charge on any atom is -0.315 e. The maximum absolute atomic E-state index is 3.50. The molecular formula is C18H38N2. The fourth-order valence-electron chi connectivity index (χ4n) is 3.35. The van der Waals surface area contributed by atoms with E-state index in [1.807, 2.05) is 0 Å². The van der Waals surface area contributed by atoms with E-state index in [0.717, 1.165) is 5.92 Å². The number of nitrogens with zero attached hydrogens (tertiary/aromatic N) is 1. The molecule has 1 aliphatic rings. The predicted octanol–water partition coefficient (Wildman–Crippen LogP) is 4.45. The van der Waals surface area contributed by atoms with Gasteiger partial charge in [0.25, 0.3) is 0 Å². The summed E-state index contributed by atoms with van der Waals surface area (Å²) in [5, 5.41) is 3.50. The Hall–Kier alpha value is -0.0800. The lowest BCUT2D eigenvalue weighted by molar-refractivity contribution is 0.272. The standard InChI is InChI=1S/C18H38N2/c1-4-10-18-11-9-15-20(16-12-18)14-8-6-5-7-13-19-17(2)3/h17-19H,4-16H2,1-3H3. The van der Waals surface area contributed by atoms with Crippen LogP contribution in [0.2, 0.25) is 0 Å². The molecule has 0 spiro atoms. The molecule has 1 unspecified atom stereocenters.